The quantitative estimate of drug-likeness (QED) is 0.898. The fourth-order valence-corrected chi connectivity index (χ4v) is 2.01. The second-order valence-electron chi connectivity index (χ2n) is 3.96. The first kappa shape index (κ1) is 12.5. The van der Waals surface area contributed by atoms with E-state index in [2.05, 4.69) is 0 Å². The minimum Gasteiger partial charge on any atom is -0.496 e. The van der Waals surface area contributed by atoms with Crippen LogP contribution in [0.25, 0.3) is 0 Å². The normalized spacial score (nSPS) is 10.4. The predicted octanol–water partition coefficient (Wildman–Crippen LogP) is 2.75. The van der Waals surface area contributed by atoms with Crippen LogP contribution in [0.3, 0.4) is 0 Å². The first-order valence-electron chi connectivity index (χ1n) is 5.79. The molecule has 2 N–H and O–H groups in total. The lowest BCUT2D eigenvalue weighted by Gasteiger charge is -2.18. The van der Waals surface area contributed by atoms with Crippen molar-refractivity contribution in [2.75, 3.05) is 14.2 Å². The summed E-state index contributed by atoms with van der Waals surface area (Å²) in [5, 5.41) is 0. The highest BCUT2D eigenvalue weighted by Gasteiger charge is 2.16. The highest BCUT2D eigenvalue weighted by molar-refractivity contribution is 5.46. The van der Waals surface area contributed by atoms with Crippen molar-refractivity contribution in [3.8, 4) is 11.5 Å². The highest BCUT2D eigenvalue weighted by Crippen LogP contribution is 2.32. The summed E-state index contributed by atoms with van der Waals surface area (Å²) in [5.41, 5.74) is 8.21. The first-order chi connectivity index (χ1) is 8.77. The van der Waals surface area contributed by atoms with E-state index in [0.717, 1.165) is 22.6 Å². The Labute approximate surface area is 107 Å². The molecule has 0 unspecified atom stereocenters. The van der Waals surface area contributed by atoms with Crippen molar-refractivity contribution in [1.29, 1.82) is 0 Å². The number of rotatable bonds is 4. The Morgan fingerprint density at radius 2 is 1.17 bits per heavy atom. The van der Waals surface area contributed by atoms with Gasteiger partial charge in [0.2, 0.25) is 0 Å². The topological polar surface area (TPSA) is 44.5 Å². The molecule has 3 nitrogen and oxygen atoms in total. The van der Waals surface area contributed by atoms with Crippen molar-refractivity contribution < 1.29 is 9.47 Å². The van der Waals surface area contributed by atoms with Crippen molar-refractivity contribution in [2.24, 2.45) is 5.73 Å². The molecule has 2 rings (SSSR count). The van der Waals surface area contributed by atoms with Gasteiger partial charge < -0.3 is 15.2 Å². The molecule has 18 heavy (non-hydrogen) atoms. The van der Waals surface area contributed by atoms with E-state index < -0.39 is 0 Å². The smallest absolute Gasteiger partial charge is 0.123 e. The second-order valence-corrected chi connectivity index (χ2v) is 3.96. The number of para-hydroxylation sites is 2. The maximum atomic E-state index is 6.31. The molecule has 2 aromatic rings. The first-order valence-corrected chi connectivity index (χ1v) is 5.79. The van der Waals surface area contributed by atoms with Gasteiger partial charge in [0.1, 0.15) is 11.5 Å². The number of benzene rings is 2. The Morgan fingerprint density at radius 1 is 0.778 bits per heavy atom. The lowest BCUT2D eigenvalue weighted by Crippen LogP contribution is -2.14. The Hall–Kier alpha value is -2.00. The molecule has 0 saturated heterocycles. The lowest BCUT2D eigenvalue weighted by molar-refractivity contribution is 0.400. The van der Waals surface area contributed by atoms with Crippen molar-refractivity contribution >= 4 is 0 Å². The molecule has 0 bridgehead atoms. The molecule has 0 aliphatic heterocycles. The summed E-state index contributed by atoms with van der Waals surface area (Å²) in [4.78, 5) is 0. The Kier molecular flexibility index (Phi) is 3.85. The summed E-state index contributed by atoms with van der Waals surface area (Å²) in [6, 6.07) is 15.2. The molecule has 0 saturated carbocycles. The van der Waals surface area contributed by atoms with Gasteiger partial charge in [-0.2, -0.15) is 0 Å². The van der Waals surface area contributed by atoms with Gasteiger partial charge in [-0.15, -0.1) is 0 Å². The van der Waals surface area contributed by atoms with Gasteiger partial charge >= 0.3 is 0 Å². The molecule has 2 aromatic carbocycles. The van der Waals surface area contributed by atoms with Crippen LogP contribution in [0, 0.1) is 0 Å². The van der Waals surface area contributed by atoms with E-state index in [0.29, 0.717) is 0 Å². The molecule has 0 amide bonds. The van der Waals surface area contributed by atoms with E-state index in [1.165, 1.54) is 0 Å². The van der Waals surface area contributed by atoms with E-state index in [-0.39, 0.29) is 6.04 Å². The lowest BCUT2D eigenvalue weighted by atomic mass is 9.98. The fraction of sp³-hybridized carbons (Fsp3) is 0.200. The van der Waals surface area contributed by atoms with Crippen LogP contribution in [-0.4, -0.2) is 14.2 Å². The number of ether oxygens (including phenoxy) is 2. The van der Waals surface area contributed by atoms with Gasteiger partial charge in [-0.25, -0.2) is 0 Å². The zero-order valence-electron chi connectivity index (χ0n) is 10.6. The molecule has 0 aliphatic rings. The summed E-state index contributed by atoms with van der Waals surface area (Å²) in [7, 11) is 3.29. The second kappa shape index (κ2) is 5.56. The highest BCUT2D eigenvalue weighted by atomic mass is 16.5. The Bertz CT molecular complexity index is 478. The summed E-state index contributed by atoms with van der Waals surface area (Å²) in [6.07, 6.45) is 0. The molecule has 0 aliphatic carbocycles. The molecule has 0 spiro atoms. The SMILES string of the molecule is COc1ccccc1C(N)c1ccccc1OC. The molecule has 3 heteroatoms. The molecule has 0 atom stereocenters. The predicted molar refractivity (Wildman–Crippen MR) is 72.0 cm³/mol. The molecule has 0 radical (unpaired) electrons. The molecule has 0 heterocycles. The Balaban J connectivity index is 2.44. The summed E-state index contributed by atoms with van der Waals surface area (Å²) < 4.78 is 10.7. The van der Waals surface area contributed by atoms with E-state index in [9.17, 15) is 0 Å². The third-order valence-corrected chi connectivity index (χ3v) is 2.95. The number of nitrogens with two attached hydrogens (primary N) is 1. The minimum atomic E-state index is -0.266. The fourth-order valence-electron chi connectivity index (χ4n) is 2.01. The third kappa shape index (κ3) is 2.31. The maximum Gasteiger partial charge on any atom is 0.123 e. The van der Waals surface area contributed by atoms with E-state index >= 15 is 0 Å². The van der Waals surface area contributed by atoms with Crippen molar-refractivity contribution in [2.45, 2.75) is 6.04 Å². The molecule has 0 aromatic heterocycles. The van der Waals surface area contributed by atoms with Crippen LogP contribution in [0.2, 0.25) is 0 Å². The standard InChI is InChI=1S/C15H17NO2/c1-17-13-9-5-3-7-11(13)15(16)12-8-4-6-10-14(12)18-2/h3-10,15H,16H2,1-2H3. The van der Waals surface area contributed by atoms with Crippen molar-refractivity contribution in [3.63, 3.8) is 0 Å². The van der Waals surface area contributed by atoms with Gasteiger partial charge in [0.15, 0.2) is 0 Å². The molecular weight excluding hydrogens is 226 g/mol. The maximum absolute atomic E-state index is 6.31. The van der Waals surface area contributed by atoms with Gasteiger partial charge in [-0.3, -0.25) is 0 Å². The average molecular weight is 243 g/mol. The largest absolute Gasteiger partial charge is 0.496 e. The van der Waals surface area contributed by atoms with Crippen LogP contribution in [0.5, 0.6) is 11.5 Å². The van der Waals surface area contributed by atoms with Crippen molar-refractivity contribution in [1.82, 2.24) is 0 Å². The van der Waals surface area contributed by atoms with E-state index in [4.69, 9.17) is 15.2 Å². The van der Waals surface area contributed by atoms with Crippen LogP contribution in [0.4, 0.5) is 0 Å². The Morgan fingerprint density at radius 3 is 1.56 bits per heavy atom. The van der Waals surface area contributed by atoms with Gasteiger partial charge in [0.25, 0.3) is 0 Å². The molecule has 94 valence electrons. The summed E-state index contributed by atoms with van der Waals surface area (Å²) >= 11 is 0. The van der Waals surface area contributed by atoms with Crippen LogP contribution in [0.15, 0.2) is 48.5 Å². The number of hydrogen-bond acceptors (Lipinski definition) is 3. The van der Waals surface area contributed by atoms with E-state index in [1.807, 2.05) is 48.5 Å². The molecular formula is C15H17NO2. The zero-order chi connectivity index (χ0) is 13.0. The van der Waals surface area contributed by atoms with Crippen LogP contribution in [-0.2, 0) is 0 Å². The summed E-state index contributed by atoms with van der Waals surface area (Å²) in [5.74, 6) is 1.58. The van der Waals surface area contributed by atoms with E-state index in [1.54, 1.807) is 14.2 Å². The van der Waals surface area contributed by atoms with Gasteiger partial charge in [0, 0.05) is 11.1 Å². The van der Waals surface area contributed by atoms with Gasteiger partial charge in [0.05, 0.1) is 20.3 Å². The number of hydrogen-bond donors (Lipinski definition) is 1. The average Bonchev–Trinajstić information content (AvgIpc) is 2.46. The van der Waals surface area contributed by atoms with Gasteiger partial charge in [-0.1, -0.05) is 36.4 Å². The minimum absolute atomic E-state index is 0.266. The van der Waals surface area contributed by atoms with Crippen LogP contribution < -0.4 is 15.2 Å². The zero-order valence-corrected chi connectivity index (χ0v) is 10.6. The van der Waals surface area contributed by atoms with Crippen molar-refractivity contribution in [3.05, 3.63) is 59.7 Å². The van der Waals surface area contributed by atoms with Gasteiger partial charge in [-0.05, 0) is 12.1 Å². The molecule has 0 fully saturated rings. The monoisotopic (exact) mass is 243 g/mol. The number of methoxy groups -OCH3 is 2. The van der Waals surface area contributed by atoms with Crippen LogP contribution >= 0.6 is 0 Å². The summed E-state index contributed by atoms with van der Waals surface area (Å²) in [6.45, 7) is 0. The van der Waals surface area contributed by atoms with Crippen LogP contribution in [0.1, 0.15) is 17.2 Å². The third-order valence-electron chi connectivity index (χ3n) is 2.95.